The van der Waals surface area contributed by atoms with Gasteiger partial charge in [0.2, 0.25) is 35.4 Å². The third-order valence-electron chi connectivity index (χ3n) is 11.3. The Bertz CT molecular complexity index is 2220. The zero-order chi connectivity index (χ0) is 47.4. The molecule has 0 bridgehead atoms. The monoisotopic (exact) mass is 899 g/mol. The quantitative estimate of drug-likeness (QED) is 0.0699. The molecule has 2 heterocycles. The number of carbonyl (C=O) groups excluding carboxylic acids is 6. The predicted octanol–water partition coefficient (Wildman–Crippen LogP) is 3.02. The molecule has 0 aromatic heterocycles. The smallest absolute Gasteiger partial charge is 0.299 e. The number of nitrogens with zero attached hydrogens (tertiary/aromatic N) is 3. The van der Waals surface area contributed by atoms with E-state index in [0.717, 1.165) is 17.7 Å². The first-order chi connectivity index (χ1) is 30.9. The van der Waals surface area contributed by atoms with Crippen molar-refractivity contribution in [2.45, 2.75) is 109 Å². The van der Waals surface area contributed by atoms with Crippen molar-refractivity contribution < 1.29 is 43.7 Å². The summed E-state index contributed by atoms with van der Waals surface area (Å²) in [5.41, 5.74) is 0.267. The molecular formula is C45H57N9O11. The Balaban J connectivity index is 1.51. The maximum Gasteiger partial charge on any atom is 0.299 e. The Kier molecular flexibility index (Phi) is 16.9. The summed E-state index contributed by atoms with van der Waals surface area (Å²) in [5, 5.41) is 49.7. The van der Waals surface area contributed by atoms with Crippen LogP contribution in [0.5, 0.6) is 5.75 Å². The van der Waals surface area contributed by atoms with Crippen molar-refractivity contribution >= 4 is 52.5 Å². The third kappa shape index (κ3) is 13.4. The molecule has 2 aliphatic rings. The van der Waals surface area contributed by atoms with Crippen LogP contribution in [0.15, 0.2) is 72.8 Å². The van der Waals surface area contributed by atoms with Gasteiger partial charge in [-0.05, 0) is 73.3 Å². The predicted molar refractivity (Wildman–Crippen MR) is 238 cm³/mol. The fourth-order valence-electron chi connectivity index (χ4n) is 7.93. The number of hydrogen-bond acceptors (Lipinski definition) is 12. The Morgan fingerprint density at radius 3 is 1.95 bits per heavy atom. The summed E-state index contributed by atoms with van der Waals surface area (Å²) in [4.78, 5) is 109. The summed E-state index contributed by atoms with van der Waals surface area (Å²) < 4.78 is 0. The minimum absolute atomic E-state index is 0.0103. The van der Waals surface area contributed by atoms with E-state index in [-0.39, 0.29) is 69.0 Å². The number of nitro groups is 2. The van der Waals surface area contributed by atoms with Crippen molar-refractivity contribution in [3.05, 3.63) is 104 Å². The minimum Gasteiger partial charge on any atom is -0.508 e. The Labute approximate surface area is 376 Å². The lowest BCUT2D eigenvalue weighted by atomic mass is 9.98. The molecule has 3 aromatic rings. The molecule has 348 valence electrons. The molecule has 6 amide bonds. The standard InChI is InChI=1S/C45H57N9O11/c1-26(2)22-34-41(57)50-36(24-28-10-6-5-7-11-28)45(61)52-21-9-13-37(52)43(59)49-35(23-29-14-17-31(55)18-15-29)42(58)51-39(27(3)4)44(60)47-33(40(56)48-34)12-8-20-46-32-19-16-30(53(62)63)25-38(32)54(64)65/h5-7,10-11,14-19,25-27,33-37,39,46,55H,8-9,12-13,20-24H2,1-4H3,(H,47,60)(H,48,56)(H,49,59)(H,50,57)(H,51,58)/t33-,34-,35-,36+,37-,39-/m0/s1. The van der Waals surface area contributed by atoms with Gasteiger partial charge in [0.1, 0.15) is 47.7 Å². The van der Waals surface area contributed by atoms with Crippen molar-refractivity contribution in [3.63, 3.8) is 0 Å². The van der Waals surface area contributed by atoms with Gasteiger partial charge in [0.15, 0.2) is 0 Å². The number of nitro benzene ring substituents is 2. The molecule has 0 unspecified atom stereocenters. The fraction of sp³-hybridized carbons (Fsp3) is 0.467. The molecule has 20 nitrogen and oxygen atoms in total. The lowest BCUT2D eigenvalue weighted by Gasteiger charge is -2.32. The number of carbonyl (C=O) groups is 6. The van der Waals surface area contributed by atoms with Crippen LogP contribution in [0.4, 0.5) is 17.1 Å². The molecule has 6 atom stereocenters. The Morgan fingerprint density at radius 2 is 1.31 bits per heavy atom. The van der Waals surface area contributed by atoms with Gasteiger partial charge in [-0.25, -0.2) is 0 Å². The molecule has 0 aliphatic carbocycles. The highest BCUT2D eigenvalue weighted by Gasteiger charge is 2.41. The summed E-state index contributed by atoms with van der Waals surface area (Å²) in [6.07, 6.45) is 0.913. The van der Waals surface area contributed by atoms with Gasteiger partial charge in [0.25, 0.3) is 11.4 Å². The SMILES string of the molecule is CC(C)C[C@@H]1NC(=O)[C@H](CCCNc2ccc([N+](=O)[O-])cc2[N+](=O)[O-])NC(=O)[C@H](C(C)C)NC(=O)[C@H](Cc2ccc(O)cc2)NC(=O)[C@@H]2CCCN2C(=O)[C@@H](Cc2ccccc2)NC1=O. The first-order valence-corrected chi connectivity index (χ1v) is 21.7. The number of non-ortho nitro benzene ring substituents is 1. The van der Waals surface area contributed by atoms with Crippen LogP contribution < -0.4 is 31.9 Å². The summed E-state index contributed by atoms with van der Waals surface area (Å²) in [5.74, 6) is -4.72. The number of nitrogens with one attached hydrogen (secondary N) is 6. The van der Waals surface area contributed by atoms with E-state index in [1.807, 2.05) is 19.9 Å². The van der Waals surface area contributed by atoms with Crippen LogP contribution in [0.1, 0.15) is 70.9 Å². The largest absolute Gasteiger partial charge is 0.508 e. The molecule has 65 heavy (non-hydrogen) atoms. The first-order valence-electron chi connectivity index (χ1n) is 21.7. The van der Waals surface area contributed by atoms with Crippen molar-refractivity contribution in [1.29, 1.82) is 0 Å². The summed E-state index contributed by atoms with van der Waals surface area (Å²) in [6.45, 7) is 7.26. The normalized spacial score (nSPS) is 22.5. The zero-order valence-electron chi connectivity index (χ0n) is 36.8. The fourth-order valence-corrected chi connectivity index (χ4v) is 7.93. The van der Waals surface area contributed by atoms with E-state index in [1.54, 1.807) is 50.2 Å². The highest BCUT2D eigenvalue weighted by atomic mass is 16.6. The molecule has 0 spiro atoms. The molecule has 3 aromatic carbocycles. The van der Waals surface area contributed by atoms with E-state index in [4.69, 9.17) is 0 Å². The van der Waals surface area contributed by atoms with Crippen LogP contribution >= 0.6 is 0 Å². The number of hydrogen-bond donors (Lipinski definition) is 7. The summed E-state index contributed by atoms with van der Waals surface area (Å²) in [6, 6.07) is 11.0. The van der Waals surface area contributed by atoms with Gasteiger partial charge in [-0.15, -0.1) is 0 Å². The van der Waals surface area contributed by atoms with Crippen LogP contribution in [-0.2, 0) is 41.6 Å². The Hall–Kier alpha value is -7.12. The lowest BCUT2D eigenvalue weighted by molar-refractivity contribution is -0.393. The number of aromatic hydroxyl groups is 1. The van der Waals surface area contributed by atoms with Crippen molar-refractivity contribution in [1.82, 2.24) is 31.5 Å². The van der Waals surface area contributed by atoms with Gasteiger partial charge >= 0.3 is 0 Å². The first kappa shape index (κ1) is 48.9. The zero-order valence-corrected chi connectivity index (χ0v) is 36.8. The van der Waals surface area contributed by atoms with Gasteiger partial charge in [0.05, 0.1) is 15.9 Å². The van der Waals surface area contributed by atoms with Gasteiger partial charge in [-0.2, -0.15) is 0 Å². The van der Waals surface area contributed by atoms with Gasteiger partial charge in [-0.1, -0.05) is 70.2 Å². The average molecular weight is 900 g/mol. The number of amides is 6. The summed E-state index contributed by atoms with van der Waals surface area (Å²) >= 11 is 0. The van der Waals surface area contributed by atoms with Crippen molar-refractivity contribution in [3.8, 4) is 5.75 Å². The van der Waals surface area contributed by atoms with E-state index >= 15 is 0 Å². The van der Waals surface area contributed by atoms with Gasteiger partial charge in [0, 0.05) is 32.0 Å². The second-order valence-electron chi connectivity index (χ2n) is 17.1. The van der Waals surface area contributed by atoms with Crippen molar-refractivity contribution in [2.24, 2.45) is 11.8 Å². The molecule has 20 heteroatoms. The number of rotatable bonds is 14. The number of phenolic OH excluding ortho intramolecular Hbond substituents is 1. The molecule has 2 fully saturated rings. The van der Waals surface area contributed by atoms with E-state index in [2.05, 4.69) is 31.9 Å². The van der Waals surface area contributed by atoms with Crippen LogP contribution in [0.25, 0.3) is 0 Å². The molecule has 5 rings (SSSR count). The number of anilines is 1. The molecular weight excluding hydrogens is 843 g/mol. The van der Waals surface area contributed by atoms with E-state index in [9.17, 15) is 54.1 Å². The average Bonchev–Trinajstić information content (AvgIpc) is 3.76. The number of phenols is 1. The van der Waals surface area contributed by atoms with Crippen LogP contribution in [0, 0.1) is 32.1 Å². The molecule has 0 radical (unpaired) electrons. The second kappa shape index (κ2) is 22.5. The lowest BCUT2D eigenvalue weighted by Crippen LogP contribution is -2.62. The molecule has 2 saturated heterocycles. The van der Waals surface area contributed by atoms with E-state index in [1.165, 1.54) is 23.1 Å². The van der Waals surface area contributed by atoms with Crippen LogP contribution in [0.2, 0.25) is 0 Å². The maximum absolute atomic E-state index is 14.6. The number of fused-ring (bicyclic) bond motifs is 1. The van der Waals surface area contributed by atoms with Crippen LogP contribution in [0.3, 0.4) is 0 Å². The summed E-state index contributed by atoms with van der Waals surface area (Å²) in [7, 11) is 0. The van der Waals surface area contributed by atoms with Gasteiger partial charge < -0.3 is 41.9 Å². The third-order valence-corrected chi connectivity index (χ3v) is 11.3. The highest BCUT2D eigenvalue weighted by molar-refractivity contribution is 5.98. The molecule has 0 saturated carbocycles. The Morgan fingerprint density at radius 1 is 0.708 bits per heavy atom. The van der Waals surface area contributed by atoms with Crippen molar-refractivity contribution in [2.75, 3.05) is 18.4 Å². The van der Waals surface area contributed by atoms with E-state index in [0.29, 0.717) is 12.0 Å². The number of benzene rings is 3. The van der Waals surface area contributed by atoms with E-state index < -0.39 is 98.8 Å². The molecule has 7 N–H and O–H groups in total. The van der Waals surface area contributed by atoms with Crippen LogP contribution in [-0.4, -0.2) is 105 Å². The topological polar surface area (TPSA) is 284 Å². The maximum atomic E-state index is 14.6. The van der Waals surface area contributed by atoms with Gasteiger partial charge in [-0.3, -0.25) is 49.0 Å². The molecule has 2 aliphatic heterocycles. The minimum atomic E-state index is -1.32. The second-order valence-corrected chi connectivity index (χ2v) is 17.1. The highest BCUT2D eigenvalue weighted by Crippen LogP contribution is 2.29.